The molecule has 4 atom stereocenters. The van der Waals surface area contributed by atoms with Gasteiger partial charge < -0.3 is 14.6 Å². The van der Waals surface area contributed by atoms with Crippen LogP contribution in [0.2, 0.25) is 0 Å². The number of hydrogen-bond acceptors (Lipinski definition) is 5. The summed E-state index contributed by atoms with van der Waals surface area (Å²) >= 11 is 0. The first-order valence-corrected chi connectivity index (χ1v) is 6.56. The van der Waals surface area contributed by atoms with Crippen LogP contribution in [0.15, 0.2) is 24.3 Å². The van der Waals surface area contributed by atoms with E-state index >= 15 is 0 Å². The molecule has 0 saturated carbocycles. The van der Waals surface area contributed by atoms with Gasteiger partial charge in [-0.1, -0.05) is 12.1 Å². The number of aliphatic hydroxyl groups excluding tert-OH is 1. The van der Waals surface area contributed by atoms with Crippen molar-refractivity contribution in [3.05, 3.63) is 35.4 Å². The molecule has 104 valence electrons. The highest BCUT2D eigenvalue weighted by atomic mass is 16.6. The van der Waals surface area contributed by atoms with E-state index in [1.165, 1.54) is 4.90 Å². The van der Waals surface area contributed by atoms with Gasteiger partial charge in [0, 0.05) is 0 Å². The number of carbonyl (C=O) groups is 2. The lowest BCUT2D eigenvalue weighted by molar-refractivity contribution is 0.0134. The van der Waals surface area contributed by atoms with Gasteiger partial charge in [0.15, 0.2) is 0 Å². The molecule has 0 radical (unpaired) electrons. The molecule has 4 rings (SSSR count). The van der Waals surface area contributed by atoms with E-state index < -0.39 is 24.4 Å². The number of hydrogen-bond donors (Lipinski definition) is 1. The highest BCUT2D eigenvalue weighted by Crippen LogP contribution is 2.34. The molecule has 6 heteroatoms. The van der Waals surface area contributed by atoms with Gasteiger partial charge in [-0.15, -0.1) is 0 Å². The van der Waals surface area contributed by atoms with Gasteiger partial charge in [-0.3, -0.25) is 14.5 Å². The Morgan fingerprint density at radius 3 is 2.25 bits per heavy atom. The summed E-state index contributed by atoms with van der Waals surface area (Å²) in [6.45, 7) is 0.382. The number of imide groups is 1. The number of aliphatic hydroxyl groups is 1. The molecule has 3 aliphatic heterocycles. The number of ether oxygens (including phenoxy) is 2. The van der Waals surface area contributed by atoms with E-state index in [2.05, 4.69) is 0 Å². The zero-order chi connectivity index (χ0) is 13.9. The minimum absolute atomic E-state index is 0.176. The predicted octanol–water partition coefficient (Wildman–Crippen LogP) is -0.190. The van der Waals surface area contributed by atoms with Gasteiger partial charge in [0.1, 0.15) is 18.3 Å². The maximum Gasteiger partial charge on any atom is 0.261 e. The first-order valence-electron chi connectivity index (χ1n) is 6.56. The van der Waals surface area contributed by atoms with Crippen molar-refractivity contribution < 1.29 is 24.2 Å². The molecule has 20 heavy (non-hydrogen) atoms. The Balaban J connectivity index is 1.68. The standard InChI is InChI=1S/C14H13NO5/c16-10-6-20-11-9(5-19-12(10)11)15-13(17)7-3-1-2-4-8(7)14(15)18/h1-4,9-12,16H,5-6H2/t9-,10-,11+,12+/m0/s1. The minimum Gasteiger partial charge on any atom is -0.388 e. The van der Waals surface area contributed by atoms with Crippen LogP contribution in [-0.4, -0.2) is 59.4 Å². The van der Waals surface area contributed by atoms with E-state index in [1.54, 1.807) is 24.3 Å². The van der Waals surface area contributed by atoms with Crippen LogP contribution in [0.4, 0.5) is 0 Å². The lowest BCUT2D eigenvalue weighted by atomic mass is 10.1. The van der Waals surface area contributed by atoms with Crippen molar-refractivity contribution in [2.75, 3.05) is 13.2 Å². The number of rotatable bonds is 1. The fraction of sp³-hybridized carbons (Fsp3) is 0.429. The summed E-state index contributed by atoms with van der Waals surface area (Å²) in [6, 6.07) is 6.29. The third kappa shape index (κ3) is 1.44. The number of fused-ring (bicyclic) bond motifs is 2. The number of nitrogens with zero attached hydrogens (tertiary/aromatic N) is 1. The van der Waals surface area contributed by atoms with E-state index in [0.717, 1.165) is 0 Å². The van der Waals surface area contributed by atoms with Gasteiger partial charge in [-0.05, 0) is 12.1 Å². The molecule has 6 nitrogen and oxygen atoms in total. The normalized spacial score (nSPS) is 35.5. The van der Waals surface area contributed by atoms with Crippen LogP contribution in [0.1, 0.15) is 20.7 Å². The minimum atomic E-state index is -0.694. The Hall–Kier alpha value is -1.76. The predicted molar refractivity (Wildman–Crippen MR) is 66.2 cm³/mol. The molecule has 0 aromatic heterocycles. The summed E-state index contributed by atoms with van der Waals surface area (Å²) in [5.41, 5.74) is 0.832. The highest BCUT2D eigenvalue weighted by molar-refractivity contribution is 6.21. The van der Waals surface area contributed by atoms with Gasteiger partial charge in [0.05, 0.1) is 30.4 Å². The largest absolute Gasteiger partial charge is 0.388 e. The van der Waals surface area contributed by atoms with Crippen LogP contribution in [0.3, 0.4) is 0 Å². The van der Waals surface area contributed by atoms with Gasteiger partial charge in [-0.2, -0.15) is 0 Å². The molecule has 3 heterocycles. The molecule has 0 bridgehead atoms. The quantitative estimate of drug-likeness (QED) is 0.719. The third-order valence-corrected chi connectivity index (χ3v) is 4.16. The van der Waals surface area contributed by atoms with Crippen molar-refractivity contribution in [3.63, 3.8) is 0 Å². The van der Waals surface area contributed by atoms with Gasteiger partial charge in [-0.25, -0.2) is 0 Å². The van der Waals surface area contributed by atoms with Crippen LogP contribution in [0.25, 0.3) is 0 Å². The summed E-state index contributed by atoms with van der Waals surface area (Å²) in [5.74, 6) is -0.630. The van der Waals surface area contributed by atoms with Crippen molar-refractivity contribution in [2.24, 2.45) is 0 Å². The second kappa shape index (κ2) is 4.12. The molecule has 0 spiro atoms. The van der Waals surface area contributed by atoms with Crippen molar-refractivity contribution in [3.8, 4) is 0 Å². The van der Waals surface area contributed by atoms with E-state index in [0.29, 0.717) is 11.1 Å². The van der Waals surface area contributed by atoms with Gasteiger partial charge in [0.25, 0.3) is 11.8 Å². The maximum atomic E-state index is 12.4. The second-order valence-electron chi connectivity index (χ2n) is 5.26. The fourth-order valence-electron chi connectivity index (χ4n) is 3.19. The molecule has 2 fully saturated rings. The molecule has 0 unspecified atom stereocenters. The first-order chi connectivity index (χ1) is 9.68. The van der Waals surface area contributed by atoms with Gasteiger partial charge >= 0.3 is 0 Å². The van der Waals surface area contributed by atoms with Crippen molar-refractivity contribution in [1.29, 1.82) is 0 Å². The summed E-state index contributed by atoms with van der Waals surface area (Å²) in [7, 11) is 0. The van der Waals surface area contributed by atoms with Crippen LogP contribution in [0.5, 0.6) is 0 Å². The summed E-state index contributed by atoms with van der Waals surface area (Å²) in [6.07, 6.45) is -1.59. The van der Waals surface area contributed by atoms with Crippen LogP contribution in [0, 0.1) is 0 Å². The SMILES string of the molecule is O=C1c2ccccc2C(=O)N1[C@H]1CO[C@H]2[C@@H]1OC[C@@H]2O. The maximum absolute atomic E-state index is 12.4. The fourth-order valence-corrected chi connectivity index (χ4v) is 3.19. The van der Waals surface area contributed by atoms with Crippen molar-refractivity contribution in [1.82, 2.24) is 4.90 Å². The molecule has 1 aromatic rings. The molecule has 1 N–H and O–H groups in total. The van der Waals surface area contributed by atoms with E-state index in [-0.39, 0.29) is 25.0 Å². The second-order valence-corrected chi connectivity index (χ2v) is 5.26. The highest BCUT2D eigenvalue weighted by Gasteiger charge is 2.53. The summed E-state index contributed by atoms with van der Waals surface area (Å²) in [5, 5.41) is 9.73. The summed E-state index contributed by atoms with van der Waals surface area (Å²) in [4.78, 5) is 26.0. The topological polar surface area (TPSA) is 76.1 Å². The summed E-state index contributed by atoms with van der Waals surface area (Å²) < 4.78 is 11.0. The molecule has 0 aliphatic carbocycles. The Morgan fingerprint density at radius 1 is 1.00 bits per heavy atom. The van der Waals surface area contributed by atoms with Crippen LogP contribution < -0.4 is 0 Å². The Labute approximate surface area is 114 Å². The molecular formula is C14H13NO5. The smallest absolute Gasteiger partial charge is 0.261 e. The molecule has 2 amide bonds. The zero-order valence-corrected chi connectivity index (χ0v) is 10.6. The van der Waals surface area contributed by atoms with Crippen LogP contribution >= 0.6 is 0 Å². The van der Waals surface area contributed by atoms with Gasteiger partial charge in [0.2, 0.25) is 0 Å². The van der Waals surface area contributed by atoms with E-state index in [4.69, 9.17) is 9.47 Å². The monoisotopic (exact) mass is 275 g/mol. The van der Waals surface area contributed by atoms with E-state index in [9.17, 15) is 14.7 Å². The van der Waals surface area contributed by atoms with E-state index in [1.807, 2.05) is 0 Å². The molecule has 1 aromatic carbocycles. The lowest BCUT2D eigenvalue weighted by Gasteiger charge is -2.24. The number of amides is 2. The average molecular weight is 275 g/mol. The Morgan fingerprint density at radius 2 is 1.60 bits per heavy atom. The zero-order valence-electron chi connectivity index (χ0n) is 10.6. The molecule has 3 aliphatic rings. The average Bonchev–Trinajstić information content (AvgIpc) is 3.09. The number of benzene rings is 1. The Bertz CT molecular complexity index is 566. The Kier molecular flexibility index (Phi) is 2.47. The lowest BCUT2D eigenvalue weighted by Crippen LogP contribution is -2.47. The third-order valence-electron chi connectivity index (χ3n) is 4.16. The molecule has 2 saturated heterocycles. The molecular weight excluding hydrogens is 262 g/mol. The van der Waals surface area contributed by atoms with Crippen molar-refractivity contribution >= 4 is 11.8 Å². The first kappa shape index (κ1) is 12.0. The number of carbonyl (C=O) groups excluding carboxylic acids is 2. The van der Waals surface area contributed by atoms with Crippen molar-refractivity contribution in [2.45, 2.75) is 24.4 Å². The van der Waals surface area contributed by atoms with Crippen LogP contribution in [-0.2, 0) is 9.47 Å².